The van der Waals surface area contributed by atoms with Gasteiger partial charge in [0.15, 0.2) is 5.78 Å². The summed E-state index contributed by atoms with van der Waals surface area (Å²) >= 11 is 3.43. The van der Waals surface area contributed by atoms with Crippen LogP contribution in [0.4, 0.5) is 11.4 Å². The van der Waals surface area contributed by atoms with Gasteiger partial charge >= 0.3 is 0 Å². The molecule has 3 aromatic rings. The van der Waals surface area contributed by atoms with Crippen molar-refractivity contribution in [3.8, 4) is 11.5 Å². The number of benzene rings is 2. The molecule has 1 aliphatic rings. The largest absolute Gasteiger partial charge is 0.457 e. The van der Waals surface area contributed by atoms with Gasteiger partial charge in [-0.05, 0) is 92.9 Å². The SMILES string of the molecule is C=C1/C=C\C=C/C/C(CCC)=C\N1.CC.CC(=O)c1cc(Oc2ccc(Nc3ccc(Br)cc3)c(C)c2)ccn1.CCCCN. The van der Waals surface area contributed by atoms with Gasteiger partial charge < -0.3 is 21.1 Å². The van der Waals surface area contributed by atoms with E-state index in [4.69, 9.17) is 10.5 Å². The summed E-state index contributed by atoms with van der Waals surface area (Å²) < 4.78 is 6.89. The second-order valence-electron chi connectivity index (χ2n) is 10.00. The molecule has 0 atom stereocenters. The number of carbonyl (C=O) groups is 1. The van der Waals surface area contributed by atoms with Crippen LogP contribution in [0.25, 0.3) is 0 Å². The molecule has 0 fully saturated rings. The van der Waals surface area contributed by atoms with Crippen molar-refractivity contribution in [2.24, 2.45) is 5.73 Å². The third-order valence-corrected chi connectivity index (χ3v) is 6.69. The normalized spacial score (nSPS) is 14.3. The van der Waals surface area contributed by atoms with E-state index >= 15 is 0 Å². The maximum Gasteiger partial charge on any atom is 0.178 e. The highest BCUT2D eigenvalue weighted by atomic mass is 79.9. The van der Waals surface area contributed by atoms with E-state index < -0.39 is 0 Å². The van der Waals surface area contributed by atoms with E-state index in [1.807, 2.05) is 75.4 Å². The molecular weight excluding hydrogens is 624 g/mol. The minimum absolute atomic E-state index is 0.0873. The van der Waals surface area contributed by atoms with Crippen molar-refractivity contribution < 1.29 is 9.53 Å². The van der Waals surface area contributed by atoms with Crippen LogP contribution in [-0.4, -0.2) is 17.3 Å². The molecule has 0 aliphatic carbocycles. The van der Waals surface area contributed by atoms with Crippen LogP contribution in [0.2, 0.25) is 0 Å². The highest BCUT2D eigenvalue weighted by Gasteiger charge is 2.06. The highest BCUT2D eigenvalue weighted by Crippen LogP contribution is 2.28. The quantitative estimate of drug-likeness (QED) is 0.196. The molecule has 4 rings (SSSR count). The number of rotatable bonds is 9. The Kier molecular flexibility index (Phi) is 20.4. The Morgan fingerprint density at radius 3 is 2.36 bits per heavy atom. The molecule has 0 spiro atoms. The lowest BCUT2D eigenvalue weighted by atomic mass is 10.1. The van der Waals surface area contributed by atoms with E-state index in [-0.39, 0.29) is 5.78 Å². The van der Waals surface area contributed by atoms with Crippen molar-refractivity contribution in [1.29, 1.82) is 0 Å². The molecule has 0 bridgehead atoms. The minimum Gasteiger partial charge on any atom is -0.457 e. The second kappa shape index (κ2) is 23.4. The molecule has 7 heteroatoms. The van der Waals surface area contributed by atoms with Crippen LogP contribution in [0.1, 0.15) is 82.8 Å². The Hall–Kier alpha value is -3.94. The van der Waals surface area contributed by atoms with E-state index in [0.29, 0.717) is 17.2 Å². The highest BCUT2D eigenvalue weighted by molar-refractivity contribution is 9.10. The van der Waals surface area contributed by atoms with Crippen LogP contribution in [0.15, 0.2) is 114 Å². The summed E-state index contributed by atoms with van der Waals surface area (Å²) in [4.78, 5) is 15.4. The van der Waals surface area contributed by atoms with E-state index in [1.54, 1.807) is 18.3 Å². The fourth-order valence-electron chi connectivity index (χ4n) is 3.80. The first kappa shape index (κ1) is 39.1. The topological polar surface area (TPSA) is 89.3 Å². The molecular formula is C38H51BrN4O2. The monoisotopic (exact) mass is 674 g/mol. The maximum absolute atomic E-state index is 11.4. The number of pyridine rings is 1. The summed E-state index contributed by atoms with van der Waals surface area (Å²) in [6.45, 7) is 16.6. The maximum atomic E-state index is 11.4. The molecule has 2 aromatic carbocycles. The number of nitrogens with zero attached hydrogens (tertiary/aromatic N) is 1. The molecule has 0 saturated heterocycles. The lowest BCUT2D eigenvalue weighted by Crippen LogP contribution is -2.02. The number of carbonyl (C=O) groups excluding carboxylic acids is 1. The smallest absolute Gasteiger partial charge is 0.178 e. The summed E-state index contributed by atoms with van der Waals surface area (Å²) in [5.74, 6) is 1.21. The Bertz CT molecular complexity index is 1390. The third kappa shape index (κ3) is 16.6. The number of halogens is 1. The van der Waals surface area contributed by atoms with Crippen LogP contribution in [0.3, 0.4) is 0 Å². The second-order valence-corrected chi connectivity index (χ2v) is 10.9. The van der Waals surface area contributed by atoms with Gasteiger partial charge in [0.25, 0.3) is 0 Å². The zero-order valence-electron chi connectivity index (χ0n) is 27.8. The summed E-state index contributed by atoms with van der Waals surface area (Å²) in [7, 11) is 0. The zero-order chi connectivity index (χ0) is 33.5. The predicted molar refractivity (Wildman–Crippen MR) is 196 cm³/mol. The molecule has 45 heavy (non-hydrogen) atoms. The molecule has 4 N–H and O–H groups in total. The molecule has 1 aromatic heterocycles. The van der Waals surface area contributed by atoms with Crippen LogP contribution in [-0.2, 0) is 0 Å². The van der Waals surface area contributed by atoms with E-state index in [0.717, 1.165) is 46.5 Å². The third-order valence-electron chi connectivity index (χ3n) is 6.16. The van der Waals surface area contributed by atoms with Crippen molar-refractivity contribution in [3.05, 3.63) is 125 Å². The van der Waals surface area contributed by atoms with Crippen molar-refractivity contribution in [1.82, 2.24) is 10.3 Å². The summed E-state index contributed by atoms with van der Waals surface area (Å²) in [6.07, 6.45) is 17.7. The molecule has 0 radical (unpaired) electrons. The van der Waals surface area contributed by atoms with Crippen LogP contribution >= 0.6 is 15.9 Å². The Morgan fingerprint density at radius 1 is 1.04 bits per heavy atom. The van der Waals surface area contributed by atoms with Crippen LogP contribution in [0.5, 0.6) is 11.5 Å². The number of aryl methyl sites for hydroxylation is 1. The number of nitrogens with one attached hydrogen (secondary N) is 2. The van der Waals surface area contributed by atoms with Crippen LogP contribution < -0.4 is 21.1 Å². The number of allylic oxidation sites excluding steroid dienone is 5. The van der Waals surface area contributed by atoms with Crippen molar-refractivity contribution >= 4 is 33.1 Å². The van der Waals surface area contributed by atoms with Crippen molar-refractivity contribution in [2.45, 2.75) is 73.6 Å². The van der Waals surface area contributed by atoms with Gasteiger partial charge in [0, 0.05) is 46.9 Å². The Balaban J connectivity index is 0.000000423. The van der Waals surface area contributed by atoms with Crippen molar-refractivity contribution in [2.75, 3.05) is 11.9 Å². The van der Waals surface area contributed by atoms with Gasteiger partial charge in [-0.2, -0.15) is 0 Å². The first-order chi connectivity index (χ1) is 21.7. The number of aromatic nitrogens is 1. The molecule has 1 aliphatic heterocycles. The first-order valence-corrected chi connectivity index (χ1v) is 16.5. The lowest BCUT2D eigenvalue weighted by Gasteiger charge is -2.12. The van der Waals surface area contributed by atoms with E-state index in [1.165, 1.54) is 31.8 Å². The number of Topliss-reactive ketones (excluding diaryl/α,β-unsaturated/α-hetero) is 1. The van der Waals surface area contributed by atoms with Gasteiger partial charge in [-0.15, -0.1) is 0 Å². The zero-order valence-corrected chi connectivity index (χ0v) is 29.4. The fraction of sp³-hybridized carbons (Fsp3) is 0.316. The number of ketones is 1. The fourth-order valence-corrected chi connectivity index (χ4v) is 4.07. The van der Waals surface area contributed by atoms with Crippen LogP contribution in [0, 0.1) is 6.92 Å². The first-order valence-electron chi connectivity index (χ1n) is 15.7. The van der Waals surface area contributed by atoms with Crippen molar-refractivity contribution in [3.63, 3.8) is 0 Å². The number of anilines is 2. The molecule has 0 unspecified atom stereocenters. The summed E-state index contributed by atoms with van der Waals surface area (Å²) in [5.41, 5.74) is 11.0. The standard InChI is InChI=1S/C20H17BrN2O2.C12H17N.C4H11N.C2H6/c1-13-11-17(25-18-9-10-22-20(12-18)14(2)24)7-8-19(13)23-16-5-3-15(21)4-6-16;1-3-7-12-9-6-4-5-8-11(2)13-10-12;1-2-3-4-5;1-2/h3-12,23H,1-2H3;4-6,8,10,13H,2-3,7,9H2,1H3;2-5H2,1H3;1-2H3/b;6-4-,8-5-,12-10-;;. The van der Waals surface area contributed by atoms with Gasteiger partial charge in [-0.25, -0.2) is 0 Å². The Morgan fingerprint density at radius 2 is 1.76 bits per heavy atom. The number of unbranched alkanes of at least 4 members (excludes halogenated alkanes) is 1. The minimum atomic E-state index is -0.0873. The molecule has 2 heterocycles. The molecule has 0 amide bonds. The van der Waals surface area contributed by atoms with Gasteiger partial charge in [0.05, 0.1) is 0 Å². The molecule has 242 valence electrons. The average molecular weight is 676 g/mol. The van der Waals surface area contributed by atoms with Gasteiger partial charge in [0.1, 0.15) is 17.2 Å². The molecule has 6 nitrogen and oxygen atoms in total. The lowest BCUT2D eigenvalue weighted by molar-refractivity contribution is 0.101. The number of hydrogen-bond acceptors (Lipinski definition) is 6. The number of nitrogens with two attached hydrogens (primary N) is 1. The number of hydrogen-bond donors (Lipinski definition) is 3. The molecule has 0 saturated carbocycles. The average Bonchev–Trinajstić information content (AvgIpc) is 3.14. The summed E-state index contributed by atoms with van der Waals surface area (Å²) in [6, 6.07) is 17.2. The summed E-state index contributed by atoms with van der Waals surface area (Å²) in [5, 5.41) is 6.56. The van der Waals surface area contributed by atoms with Gasteiger partial charge in [-0.1, -0.05) is 86.8 Å². The number of ether oxygens (including phenoxy) is 1. The van der Waals surface area contributed by atoms with Gasteiger partial charge in [0.2, 0.25) is 0 Å². The van der Waals surface area contributed by atoms with Gasteiger partial charge in [-0.3, -0.25) is 9.78 Å². The van der Waals surface area contributed by atoms with E-state index in [2.05, 4.69) is 70.3 Å². The Labute approximate surface area is 279 Å². The predicted octanol–water partition coefficient (Wildman–Crippen LogP) is 11.0. The van der Waals surface area contributed by atoms with E-state index in [9.17, 15) is 4.79 Å².